The Bertz CT molecular complexity index is 1210. The van der Waals surface area contributed by atoms with Gasteiger partial charge in [-0.2, -0.15) is 0 Å². The number of carbonyl (C=O) groups excluding carboxylic acids is 1. The Labute approximate surface area is 193 Å². The Morgan fingerprint density at radius 2 is 2.06 bits per heavy atom. The first-order chi connectivity index (χ1) is 14.7. The van der Waals surface area contributed by atoms with Gasteiger partial charge in [0.25, 0.3) is 5.56 Å². The molecule has 1 amide bonds. The Morgan fingerprint density at radius 1 is 1.29 bits per heavy atom. The molecule has 0 aliphatic carbocycles. The van der Waals surface area contributed by atoms with Gasteiger partial charge < -0.3 is 14.4 Å². The van der Waals surface area contributed by atoms with Crippen LogP contribution in [0.1, 0.15) is 12.0 Å². The van der Waals surface area contributed by atoms with Gasteiger partial charge in [0.1, 0.15) is 12.7 Å². The van der Waals surface area contributed by atoms with Gasteiger partial charge >= 0.3 is 0 Å². The van der Waals surface area contributed by atoms with Crippen LogP contribution in [0.5, 0.6) is 0 Å². The zero-order valence-electron chi connectivity index (χ0n) is 17.2. The number of likely N-dealkylation sites (tertiary alicyclic amines) is 1. The number of carbonyl (C=O) groups is 1. The van der Waals surface area contributed by atoms with Crippen LogP contribution >= 0.6 is 34.5 Å². The molecule has 4 rings (SSSR count). The normalized spacial score (nSPS) is 16.6. The average Bonchev–Trinajstić information content (AvgIpc) is 3.34. The van der Waals surface area contributed by atoms with Crippen molar-refractivity contribution >= 4 is 50.5 Å². The summed E-state index contributed by atoms with van der Waals surface area (Å²) in [5, 5.41) is 3.34. The highest BCUT2D eigenvalue weighted by atomic mass is 35.5. The molecule has 0 bridgehead atoms. The number of alkyl halides is 1. The molecule has 0 spiro atoms. The van der Waals surface area contributed by atoms with E-state index in [4.69, 9.17) is 23.2 Å². The number of halogens is 3. The predicted molar refractivity (Wildman–Crippen MR) is 125 cm³/mol. The molecule has 1 aliphatic rings. The standard InChI is InChI=1S/C22H22Cl2FN3O2S/c1-26(2)8-14-9-28(11-19(29)27-6-5-15(25)10-27)22(30)20-16(12-31-21(14)20)13-3-4-17(23)18(24)7-13/h3-4,7,9,12,15H,5-6,8,10-11H2,1-2H3. The lowest BCUT2D eigenvalue weighted by Gasteiger charge is -2.18. The molecule has 1 unspecified atom stereocenters. The summed E-state index contributed by atoms with van der Waals surface area (Å²) in [5.74, 6) is -0.247. The van der Waals surface area contributed by atoms with E-state index in [1.165, 1.54) is 20.8 Å². The van der Waals surface area contributed by atoms with Crippen LogP contribution in [0.15, 0.2) is 34.6 Å². The van der Waals surface area contributed by atoms with Gasteiger partial charge in [-0.3, -0.25) is 9.59 Å². The number of aromatic nitrogens is 1. The molecule has 9 heteroatoms. The molecule has 1 aromatic carbocycles. The number of benzene rings is 1. The van der Waals surface area contributed by atoms with Crippen molar-refractivity contribution in [2.45, 2.75) is 25.7 Å². The summed E-state index contributed by atoms with van der Waals surface area (Å²) >= 11 is 13.8. The monoisotopic (exact) mass is 481 g/mol. The fourth-order valence-corrected chi connectivity index (χ4v) is 5.26. The second-order valence-electron chi connectivity index (χ2n) is 8.03. The van der Waals surface area contributed by atoms with E-state index in [9.17, 15) is 14.0 Å². The first kappa shape index (κ1) is 22.3. The molecule has 3 aromatic rings. The smallest absolute Gasteiger partial charge is 0.260 e. The molecular weight excluding hydrogens is 460 g/mol. The Morgan fingerprint density at radius 3 is 2.71 bits per heavy atom. The molecule has 2 aromatic heterocycles. The summed E-state index contributed by atoms with van der Waals surface area (Å²) in [5.41, 5.74) is 2.26. The van der Waals surface area contributed by atoms with Crippen molar-refractivity contribution in [2.75, 3.05) is 27.2 Å². The zero-order valence-corrected chi connectivity index (χ0v) is 19.5. The first-order valence-electron chi connectivity index (χ1n) is 9.90. The van der Waals surface area contributed by atoms with Crippen molar-refractivity contribution in [1.29, 1.82) is 0 Å². The number of thiophene rings is 1. The first-order valence-corrected chi connectivity index (χ1v) is 11.5. The minimum absolute atomic E-state index is 0.0906. The van der Waals surface area contributed by atoms with E-state index in [-0.39, 0.29) is 24.6 Å². The minimum Gasteiger partial charge on any atom is -0.338 e. The van der Waals surface area contributed by atoms with Gasteiger partial charge in [-0.15, -0.1) is 11.3 Å². The molecule has 5 nitrogen and oxygen atoms in total. The number of rotatable bonds is 5. The van der Waals surface area contributed by atoms with E-state index >= 15 is 0 Å². The lowest BCUT2D eigenvalue weighted by Crippen LogP contribution is -2.35. The Balaban J connectivity index is 1.82. The van der Waals surface area contributed by atoms with Gasteiger partial charge in [0.05, 0.1) is 22.0 Å². The third kappa shape index (κ3) is 4.51. The van der Waals surface area contributed by atoms with Crippen LogP contribution in [0.3, 0.4) is 0 Å². The third-order valence-electron chi connectivity index (χ3n) is 5.38. The average molecular weight is 482 g/mol. The van der Waals surface area contributed by atoms with Gasteiger partial charge in [0.15, 0.2) is 0 Å². The molecule has 0 N–H and O–H groups in total. The molecule has 1 saturated heterocycles. The van der Waals surface area contributed by atoms with Gasteiger partial charge in [-0.1, -0.05) is 29.3 Å². The number of hydrogen-bond acceptors (Lipinski definition) is 4. The number of amides is 1. The fourth-order valence-electron chi connectivity index (χ4n) is 3.89. The molecule has 3 heterocycles. The third-order valence-corrected chi connectivity index (χ3v) is 7.17. The van der Waals surface area contributed by atoms with Crippen LogP contribution in [-0.4, -0.2) is 53.6 Å². The van der Waals surface area contributed by atoms with E-state index in [0.717, 1.165) is 21.4 Å². The van der Waals surface area contributed by atoms with Crippen molar-refractivity contribution in [3.05, 3.63) is 55.7 Å². The minimum atomic E-state index is -0.995. The molecule has 164 valence electrons. The van der Waals surface area contributed by atoms with Crippen LogP contribution in [0.4, 0.5) is 4.39 Å². The topological polar surface area (TPSA) is 45.6 Å². The maximum Gasteiger partial charge on any atom is 0.260 e. The van der Waals surface area contributed by atoms with Crippen LogP contribution in [0.2, 0.25) is 10.0 Å². The second kappa shape index (κ2) is 8.90. The largest absolute Gasteiger partial charge is 0.338 e. The number of nitrogens with zero attached hydrogens (tertiary/aromatic N) is 3. The van der Waals surface area contributed by atoms with Crippen molar-refractivity contribution in [3.63, 3.8) is 0 Å². The lowest BCUT2D eigenvalue weighted by atomic mass is 10.0. The van der Waals surface area contributed by atoms with Crippen LogP contribution in [0, 0.1) is 0 Å². The van der Waals surface area contributed by atoms with Crippen LogP contribution in [-0.2, 0) is 17.9 Å². The second-order valence-corrected chi connectivity index (χ2v) is 9.73. The summed E-state index contributed by atoms with van der Waals surface area (Å²) in [4.78, 5) is 29.7. The SMILES string of the molecule is CN(C)Cc1cn(CC(=O)N2CCC(F)C2)c(=O)c2c(-c3ccc(Cl)c(Cl)c3)csc12. The summed E-state index contributed by atoms with van der Waals surface area (Å²) in [7, 11) is 3.90. The van der Waals surface area contributed by atoms with E-state index < -0.39 is 6.17 Å². The predicted octanol–water partition coefficient (Wildman–Crippen LogP) is 4.67. The number of pyridine rings is 1. The number of fused-ring (bicyclic) bond motifs is 1. The molecule has 1 fully saturated rings. The molecule has 31 heavy (non-hydrogen) atoms. The maximum absolute atomic E-state index is 13.5. The quantitative estimate of drug-likeness (QED) is 0.531. The Hall–Kier alpha value is -1.93. The lowest BCUT2D eigenvalue weighted by molar-refractivity contribution is -0.131. The van der Waals surface area contributed by atoms with E-state index in [0.29, 0.717) is 34.9 Å². The number of hydrogen-bond donors (Lipinski definition) is 0. The highest BCUT2D eigenvalue weighted by molar-refractivity contribution is 7.18. The van der Waals surface area contributed by atoms with Crippen molar-refractivity contribution in [3.8, 4) is 11.1 Å². The summed E-state index contributed by atoms with van der Waals surface area (Å²) in [6.07, 6.45) is 1.10. The summed E-state index contributed by atoms with van der Waals surface area (Å²) in [6, 6.07) is 5.27. The maximum atomic E-state index is 13.5. The van der Waals surface area contributed by atoms with Crippen LogP contribution < -0.4 is 5.56 Å². The highest BCUT2D eigenvalue weighted by Gasteiger charge is 2.26. The fraction of sp³-hybridized carbons (Fsp3) is 0.364. The van der Waals surface area contributed by atoms with Gasteiger partial charge in [-0.05, 0) is 38.2 Å². The van der Waals surface area contributed by atoms with Crippen molar-refractivity contribution in [1.82, 2.24) is 14.4 Å². The van der Waals surface area contributed by atoms with Crippen molar-refractivity contribution in [2.24, 2.45) is 0 Å². The van der Waals surface area contributed by atoms with E-state index in [1.807, 2.05) is 30.4 Å². The summed E-state index contributed by atoms with van der Waals surface area (Å²) < 4.78 is 15.9. The van der Waals surface area contributed by atoms with Gasteiger partial charge in [0, 0.05) is 40.5 Å². The molecule has 0 radical (unpaired) electrons. The van der Waals surface area contributed by atoms with Crippen molar-refractivity contribution < 1.29 is 9.18 Å². The molecular formula is C22H22Cl2FN3O2S. The summed E-state index contributed by atoms with van der Waals surface area (Å²) in [6.45, 7) is 0.975. The molecule has 1 aliphatic heterocycles. The van der Waals surface area contributed by atoms with E-state index in [1.54, 1.807) is 18.3 Å². The molecule has 1 atom stereocenters. The van der Waals surface area contributed by atoms with Gasteiger partial charge in [-0.25, -0.2) is 4.39 Å². The molecule has 0 saturated carbocycles. The van der Waals surface area contributed by atoms with Crippen LogP contribution in [0.25, 0.3) is 21.2 Å². The van der Waals surface area contributed by atoms with E-state index in [2.05, 4.69) is 0 Å². The zero-order chi connectivity index (χ0) is 22.3. The van der Waals surface area contributed by atoms with Gasteiger partial charge in [0.2, 0.25) is 5.91 Å². The highest BCUT2D eigenvalue weighted by Crippen LogP contribution is 2.36. The Kier molecular flexibility index (Phi) is 6.40.